The van der Waals surface area contributed by atoms with Crippen LogP contribution in [0.1, 0.15) is 0 Å². The molecule has 0 aromatic carbocycles. The van der Waals surface area contributed by atoms with Crippen LogP contribution in [-0.4, -0.2) is 32.8 Å². The van der Waals surface area contributed by atoms with Crippen molar-refractivity contribution in [2.45, 2.75) is 0 Å². The maximum absolute atomic E-state index is 5.01. The first kappa shape index (κ1) is 9.62. The predicted molar refractivity (Wildman–Crippen MR) is 42.9 cm³/mol. The fraction of sp³-hybridized carbons (Fsp3) is 0.714. The number of nitrogens with one attached hydrogen (secondary N) is 1. The molecule has 60 valence electrons. The molecule has 0 spiro atoms. The summed E-state index contributed by atoms with van der Waals surface area (Å²) in [5.41, 5.74) is 4.91. The Balaban J connectivity index is 0.000000180. The minimum atomic E-state index is 0.583. The van der Waals surface area contributed by atoms with Crippen LogP contribution in [-0.2, 0) is 4.74 Å². The topological polar surface area (TPSA) is 47.3 Å². The van der Waals surface area contributed by atoms with E-state index in [1.165, 1.54) is 0 Å². The van der Waals surface area contributed by atoms with E-state index in [0.29, 0.717) is 6.54 Å². The smallest absolute Gasteiger partial charge is 0.0591 e. The number of ether oxygens (including phenoxy) is 1. The second kappa shape index (κ2) is 8.62. The Bertz CT molecular complexity index is 60.5. The minimum Gasteiger partial charge on any atom is -0.379 e. The molecule has 0 atom stereocenters. The van der Waals surface area contributed by atoms with Gasteiger partial charge < -0.3 is 15.8 Å². The second-order valence-electron chi connectivity index (χ2n) is 1.89. The second-order valence-corrected chi connectivity index (χ2v) is 1.89. The molecule has 1 aliphatic rings. The van der Waals surface area contributed by atoms with Crippen molar-refractivity contribution in [2.24, 2.45) is 5.73 Å². The van der Waals surface area contributed by atoms with Gasteiger partial charge in [-0.3, -0.25) is 0 Å². The predicted octanol–water partition coefficient (Wildman–Crippen LogP) is -0.263. The van der Waals surface area contributed by atoms with Gasteiger partial charge in [0.05, 0.1) is 13.2 Å². The van der Waals surface area contributed by atoms with Gasteiger partial charge in [0, 0.05) is 19.6 Å². The number of hydrogen-bond donors (Lipinski definition) is 2. The summed E-state index contributed by atoms with van der Waals surface area (Å²) in [5.74, 6) is 0. The highest BCUT2D eigenvalue weighted by Gasteiger charge is 1.92. The van der Waals surface area contributed by atoms with Crippen molar-refractivity contribution in [3.8, 4) is 0 Å². The van der Waals surface area contributed by atoms with Crippen LogP contribution >= 0.6 is 0 Å². The summed E-state index contributed by atoms with van der Waals surface area (Å²) in [4.78, 5) is 0. The summed E-state index contributed by atoms with van der Waals surface area (Å²) in [6.45, 7) is 7.77. The van der Waals surface area contributed by atoms with Gasteiger partial charge in [-0.05, 0) is 0 Å². The van der Waals surface area contributed by atoms with Crippen LogP contribution in [0.3, 0.4) is 0 Å². The largest absolute Gasteiger partial charge is 0.379 e. The van der Waals surface area contributed by atoms with E-state index in [-0.39, 0.29) is 0 Å². The lowest BCUT2D eigenvalue weighted by Crippen LogP contribution is -2.30. The van der Waals surface area contributed by atoms with E-state index in [2.05, 4.69) is 11.9 Å². The molecule has 3 nitrogen and oxygen atoms in total. The van der Waals surface area contributed by atoms with Crippen molar-refractivity contribution in [1.29, 1.82) is 0 Å². The highest BCUT2D eigenvalue weighted by molar-refractivity contribution is 4.64. The lowest BCUT2D eigenvalue weighted by molar-refractivity contribution is 0.109. The maximum Gasteiger partial charge on any atom is 0.0591 e. The third-order valence-corrected chi connectivity index (χ3v) is 1.01. The highest BCUT2D eigenvalue weighted by Crippen LogP contribution is 1.76. The Hall–Kier alpha value is -0.380. The Morgan fingerprint density at radius 1 is 1.50 bits per heavy atom. The molecule has 3 heteroatoms. The van der Waals surface area contributed by atoms with Crippen molar-refractivity contribution in [2.75, 3.05) is 32.8 Å². The van der Waals surface area contributed by atoms with Gasteiger partial charge in [-0.2, -0.15) is 0 Å². The molecule has 1 heterocycles. The summed E-state index contributed by atoms with van der Waals surface area (Å²) in [6.07, 6.45) is 1.65. The molecular formula is C7H16N2O. The maximum atomic E-state index is 5.01. The quantitative estimate of drug-likeness (QED) is 0.498. The molecule has 0 unspecified atom stereocenters. The Morgan fingerprint density at radius 3 is 2.10 bits per heavy atom. The van der Waals surface area contributed by atoms with Crippen LogP contribution < -0.4 is 11.1 Å². The van der Waals surface area contributed by atoms with E-state index in [4.69, 9.17) is 10.5 Å². The molecule has 1 saturated heterocycles. The van der Waals surface area contributed by atoms with Gasteiger partial charge in [-0.25, -0.2) is 0 Å². The zero-order valence-corrected chi connectivity index (χ0v) is 6.31. The number of nitrogens with two attached hydrogens (primary N) is 1. The van der Waals surface area contributed by atoms with Gasteiger partial charge >= 0.3 is 0 Å². The molecule has 1 rings (SSSR count). The zero-order valence-electron chi connectivity index (χ0n) is 6.31. The third-order valence-electron chi connectivity index (χ3n) is 1.01. The summed E-state index contributed by atoms with van der Waals surface area (Å²) in [5, 5.41) is 3.16. The van der Waals surface area contributed by atoms with Gasteiger partial charge in [0.25, 0.3) is 0 Å². The van der Waals surface area contributed by atoms with Gasteiger partial charge in [-0.15, -0.1) is 6.58 Å². The molecular weight excluding hydrogens is 128 g/mol. The molecule has 10 heavy (non-hydrogen) atoms. The standard InChI is InChI=1S/C4H9NO.C3H7N/c1-3-6-4-2-5-1;1-2-3-4/h5H,1-4H2;2H,1,3-4H2. The SMILES string of the molecule is C1COCCN1.C=CCN. The average molecular weight is 144 g/mol. The Morgan fingerprint density at radius 2 is 2.00 bits per heavy atom. The monoisotopic (exact) mass is 144 g/mol. The van der Waals surface area contributed by atoms with Crippen LogP contribution in [0.4, 0.5) is 0 Å². The first-order valence-corrected chi connectivity index (χ1v) is 3.51. The molecule has 0 bridgehead atoms. The fourth-order valence-corrected chi connectivity index (χ4v) is 0.516. The van der Waals surface area contributed by atoms with Crippen molar-refractivity contribution in [1.82, 2.24) is 5.32 Å². The van der Waals surface area contributed by atoms with Crippen LogP contribution in [0.5, 0.6) is 0 Å². The summed E-state index contributed by atoms with van der Waals surface area (Å²) < 4.78 is 5.01. The van der Waals surface area contributed by atoms with Crippen molar-refractivity contribution < 1.29 is 4.74 Å². The molecule has 0 aromatic heterocycles. The first-order valence-electron chi connectivity index (χ1n) is 3.51. The molecule has 1 fully saturated rings. The molecule has 0 saturated carbocycles. The number of rotatable bonds is 1. The van der Waals surface area contributed by atoms with Crippen molar-refractivity contribution in [3.05, 3.63) is 12.7 Å². The summed E-state index contributed by atoms with van der Waals surface area (Å²) in [6, 6.07) is 0. The van der Waals surface area contributed by atoms with E-state index < -0.39 is 0 Å². The van der Waals surface area contributed by atoms with Gasteiger partial charge in [0.1, 0.15) is 0 Å². The van der Waals surface area contributed by atoms with E-state index in [0.717, 1.165) is 26.3 Å². The third kappa shape index (κ3) is 7.62. The highest BCUT2D eigenvalue weighted by atomic mass is 16.5. The normalized spacial score (nSPS) is 16.9. The Labute approximate surface area is 62.2 Å². The summed E-state index contributed by atoms with van der Waals surface area (Å²) >= 11 is 0. The molecule has 0 aromatic rings. The molecule has 3 N–H and O–H groups in total. The van der Waals surface area contributed by atoms with E-state index in [1.807, 2.05) is 0 Å². The van der Waals surface area contributed by atoms with Gasteiger partial charge in [0.2, 0.25) is 0 Å². The van der Waals surface area contributed by atoms with Crippen LogP contribution in [0.2, 0.25) is 0 Å². The number of morpholine rings is 1. The van der Waals surface area contributed by atoms with Crippen LogP contribution in [0, 0.1) is 0 Å². The van der Waals surface area contributed by atoms with Crippen molar-refractivity contribution >= 4 is 0 Å². The van der Waals surface area contributed by atoms with E-state index in [1.54, 1.807) is 6.08 Å². The van der Waals surface area contributed by atoms with Crippen LogP contribution in [0.25, 0.3) is 0 Å². The zero-order chi connectivity index (χ0) is 7.66. The van der Waals surface area contributed by atoms with Gasteiger partial charge in [-0.1, -0.05) is 6.08 Å². The average Bonchev–Trinajstić information content (AvgIpc) is 2.08. The fourth-order valence-electron chi connectivity index (χ4n) is 0.516. The lowest BCUT2D eigenvalue weighted by atomic mass is 10.5. The Kier molecular flexibility index (Phi) is 8.29. The minimum absolute atomic E-state index is 0.583. The molecule has 0 radical (unpaired) electrons. The van der Waals surface area contributed by atoms with Crippen LogP contribution in [0.15, 0.2) is 12.7 Å². The summed E-state index contributed by atoms with van der Waals surface area (Å²) in [7, 11) is 0. The van der Waals surface area contributed by atoms with Gasteiger partial charge in [0.15, 0.2) is 0 Å². The molecule has 1 aliphatic heterocycles. The number of hydrogen-bond acceptors (Lipinski definition) is 3. The van der Waals surface area contributed by atoms with E-state index >= 15 is 0 Å². The van der Waals surface area contributed by atoms with Crippen molar-refractivity contribution in [3.63, 3.8) is 0 Å². The first-order chi connectivity index (χ1) is 4.91. The van der Waals surface area contributed by atoms with E-state index in [9.17, 15) is 0 Å². The molecule has 0 amide bonds. The molecule has 0 aliphatic carbocycles. The lowest BCUT2D eigenvalue weighted by Gasteiger charge is -2.10.